The van der Waals surface area contributed by atoms with Gasteiger partial charge in [0.2, 0.25) is 5.91 Å². The van der Waals surface area contributed by atoms with Crippen molar-refractivity contribution in [3.05, 3.63) is 47.5 Å². The summed E-state index contributed by atoms with van der Waals surface area (Å²) in [5, 5.41) is 5.77. The Hall–Kier alpha value is -2.25. The Bertz CT molecular complexity index is 943. The number of rotatable bonds is 6. The van der Waals surface area contributed by atoms with Gasteiger partial charge in [-0.05, 0) is 55.8 Å². The molecule has 0 aliphatic rings. The highest BCUT2D eigenvalue weighted by Gasteiger charge is 2.20. The first-order chi connectivity index (χ1) is 12.5. The molecule has 0 atom stereocenters. The van der Waals surface area contributed by atoms with E-state index in [-0.39, 0.29) is 18.6 Å². The average Bonchev–Trinajstić information content (AvgIpc) is 3.17. The molecule has 0 aliphatic carbocycles. The summed E-state index contributed by atoms with van der Waals surface area (Å²) >= 11 is 3.11. The fourth-order valence-corrected chi connectivity index (χ4v) is 3.98. The first kappa shape index (κ1) is 18.5. The second kappa shape index (κ2) is 7.97. The quantitative estimate of drug-likeness (QED) is 0.494. The van der Waals surface area contributed by atoms with Gasteiger partial charge in [-0.1, -0.05) is 6.07 Å². The smallest absolute Gasteiger partial charge is 0.355 e. The molecule has 7 heteroatoms. The average molecular weight is 389 g/mol. The summed E-state index contributed by atoms with van der Waals surface area (Å²) in [5.74, 6) is -0.603. The third-order valence-corrected chi connectivity index (χ3v) is 5.39. The molecule has 136 valence electrons. The van der Waals surface area contributed by atoms with E-state index in [0.29, 0.717) is 5.69 Å². The van der Waals surface area contributed by atoms with Gasteiger partial charge in [-0.2, -0.15) is 0 Å². The fourth-order valence-electron chi connectivity index (χ4n) is 2.62. The maximum atomic E-state index is 12.6. The van der Waals surface area contributed by atoms with Gasteiger partial charge < -0.3 is 14.6 Å². The highest BCUT2D eigenvalue weighted by Crippen LogP contribution is 2.26. The molecule has 1 N–H and O–H groups in total. The van der Waals surface area contributed by atoms with Crippen LogP contribution >= 0.6 is 23.1 Å². The van der Waals surface area contributed by atoms with E-state index in [1.165, 1.54) is 11.3 Å². The molecule has 0 aliphatic heterocycles. The monoisotopic (exact) mass is 388 g/mol. The molecule has 0 fully saturated rings. The molecule has 26 heavy (non-hydrogen) atoms. The van der Waals surface area contributed by atoms with Crippen molar-refractivity contribution in [2.45, 2.75) is 31.4 Å². The van der Waals surface area contributed by atoms with Crippen LogP contribution in [0.5, 0.6) is 0 Å². The van der Waals surface area contributed by atoms with Crippen molar-refractivity contribution >= 4 is 50.9 Å². The Morgan fingerprint density at radius 2 is 2.08 bits per heavy atom. The number of anilines is 1. The molecule has 0 radical (unpaired) electrons. The van der Waals surface area contributed by atoms with Crippen molar-refractivity contribution in [3.63, 3.8) is 0 Å². The molecule has 3 aromatic rings. The van der Waals surface area contributed by atoms with Gasteiger partial charge in [-0.15, -0.1) is 23.1 Å². The number of thiophene rings is 1. The summed E-state index contributed by atoms with van der Waals surface area (Å²) in [6, 6.07) is 11.4. The Balaban J connectivity index is 1.83. The van der Waals surface area contributed by atoms with Crippen LogP contribution in [0.2, 0.25) is 0 Å². The standard InChI is InChI=1S/C19H20N2O3S2/c1-12(2)24-19(23)16-9-13-7-8-26-18(13)21(16)11-17(22)20-14-5-4-6-15(10-14)25-3/h4-10,12H,11H2,1-3H3,(H,20,22). The molecule has 0 saturated heterocycles. The Labute approximate surface area is 160 Å². The van der Waals surface area contributed by atoms with E-state index in [2.05, 4.69) is 5.32 Å². The van der Waals surface area contributed by atoms with E-state index < -0.39 is 5.97 Å². The zero-order chi connectivity index (χ0) is 18.7. The lowest BCUT2D eigenvalue weighted by molar-refractivity contribution is -0.116. The number of esters is 1. The van der Waals surface area contributed by atoms with Crippen LogP contribution in [0.1, 0.15) is 24.3 Å². The van der Waals surface area contributed by atoms with Crippen molar-refractivity contribution in [2.24, 2.45) is 0 Å². The number of fused-ring (bicyclic) bond motifs is 1. The molecular weight excluding hydrogens is 368 g/mol. The van der Waals surface area contributed by atoms with Crippen molar-refractivity contribution in [2.75, 3.05) is 11.6 Å². The van der Waals surface area contributed by atoms with Gasteiger partial charge in [-0.25, -0.2) is 4.79 Å². The van der Waals surface area contributed by atoms with Crippen molar-refractivity contribution in [1.82, 2.24) is 4.57 Å². The van der Waals surface area contributed by atoms with Crippen LogP contribution in [0.25, 0.3) is 10.2 Å². The number of amides is 1. The molecule has 5 nitrogen and oxygen atoms in total. The Kier molecular flexibility index (Phi) is 5.68. The van der Waals surface area contributed by atoms with Crippen LogP contribution in [0.4, 0.5) is 5.69 Å². The number of ether oxygens (including phenoxy) is 1. The number of hydrogen-bond donors (Lipinski definition) is 1. The summed E-state index contributed by atoms with van der Waals surface area (Å²) in [4.78, 5) is 26.9. The van der Waals surface area contributed by atoms with Gasteiger partial charge in [0.1, 0.15) is 17.1 Å². The van der Waals surface area contributed by atoms with Gasteiger partial charge in [0, 0.05) is 16.0 Å². The van der Waals surface area contributed by atoms with E-state index in [4.69, 9.17) is 4.74 Å². The maximum Gasteiger partial charge on any atom is 0.355 e. The largest absolute Gasteiger partial charge is 0.458 e. The number of hydrogen-bond acceptors (Lipinski definition) is 5. The minimum absolute atomic E-state index is 0.0516. The second-order valence-electron chi connectivity index (χ2n) is 6.03. The summed E-state index contributed by atoms with van der Waals surface area (Å²) in [7, 11) is 0. The third-order valence-electron chi connectivity index (χ3n) is 3.71. The van der Waals surface area contributed by atoms with Crippen LogP contribution in [0.3, 0.4) is 0 Å². The van der Waals surface area contributed by atoms with Crippen LogP contribution in [-0.4, -0.2) is 28.8 Å². The van der Waals surface area contributed by atoms with E-state index in [1.807, 2.05) is 42.0 Å². The van der Waals surface area contributed by atoms with Crippen LogP contribution < -0.4 is 5.32 Å². The second-order valence-corrected chi connectivity index (χ2v) is 7.81. The topological polar surface area (TPSA) is 60.3 Å². The van der Waals surface area contributed by atoms with E-state index in [0.717, 1.165) is 20.8 Å². The highest BCUT2D eigenvalue weighted by molar-refractivity contribution is 7.98. The molecule has 0 bridgehead atoms. The Morgan fingerprint density at radius 3 is 2.81 bits per heavy atom. The maximum absolute atomic E-state index is 12.6. The molecular formula is C19H20N2O3S2. The van der Waals surface area contributed by atoms with Gasteiger partial charge >= 0.3 is 5.97 Å². The summed E-state index contributed by atoms with van der Waals surface area (Å²) in [6.45, 7) is 3.66. The lowest BCUT2D eigenvalue weighted by atomic mass is 10.3. The zero-order valence-electron chi connectivity index (χ0n) is 14.8. The van der Waals surface area contributed by atoms with Crippen molar-refractivity contribution in [3.8, 4) is 0 Å². The lowest BCUT2D eigenvalue weighted by Crippen LogP contribution is -2.22. The number of nitrogens with zero attached hydrogens (tertiary/aromatic N) is 1. The zero-order valence-corrected chi connectivity index (χ0v) is 16.4. The van der Waals surface area contributed by atoms with Gasteiger partial charge in [0.05, 0.1) is 6.10 Å². The number of carbonyl (C=O) groups is 2. The Morgan fingerprint density at radius 1 is 1.27 bits per heavy atom. The first-order valence-corrected chi connectivity index (χ1v) is 10.3. The lowest BCUT2D eigenvalue weighted by Gasteiger charge is -2.12. The number of benzene rings is 1. The molecule has 0 unspecified atom stereocenters. The number of thioether (sulfide) groups is 1. The van der Waals surface area contributed by atoms with Crippen LogP contribution in [0.15, 0.2) is 46.7 Å². The molecule has 0 saturated carbocycles. The van der Waals surface area contributed by atoms with Crippen molar-refractivity contribution < 1.29 is 14.3 Å². The van der Waals surface area contributed by atoms with E-state index in [1.54, 1.807) is 36.2 Å². The minimum atomic E-state index is -0.416. The summed E-state index contributed by atoms with van der Waals surface area (Å²) in [5.41, 5.74) is 1.14. The summed E-state index contributed by atoms with van der Waals surface area (Å²) in [6.07, 6.45) is 1.77. The van der Waals surface area contributed by atoms with Gasteiger partial charge in [-0.3, -0.25) is 4.79 Å². The van der Waals surface area contributed by atoms with Crippen LogP contribution in [-0.2, 0) is 16.1 Å². The molecule has 0 spiro atoms. The molecule has 2 heterocycles. The van der Waals surface area contributed by atoms with Gasteiger partial charge in [0.15, 0.2) is 0 Å². The first-order valence-electron chi connectivity index (χ1n) is 8.19. The van der Waals surface area contributed by atoms with E-state index in [9.17, 15) is 9.59 Å². The highest BCUT2D eigenvalue weighted by atomic mass is 32.2. The number of carbonyl (C=O) groups excluding carboxylic acids is 2. The number of nitrogens with one attached hydrogen (secondary N) is 1. The fraction of sp³-hybridized carbons (Fsp3) is 0.263. The molecule has 1 aromatic carbocycles. The van der Waals surface area contributed by atoms with E-state index >= 15 is 0 Å². The third kappa shape index (κ3) is 4.11. The van der Waals surface area contributed by atoms with Gasteiger partial charge in [0.25, 0.3) is 0 Å². The predicted octanol–water partition coefficient (Wildman–Crippen LogP) is 4.63. The number of aromatic nitrogens is 1. The summed E-state index contributed by atoms with van der Waals surface area (Å²) < 4.78 is 7.04. The molecule has 3 rings (SSSR count). The molecule has 2 aromatic heterocycles. The predicted molar refractivity (Wildman–Crippen MR) is 107 cm³/mol. The molecule has 1 amide bonds. The van der Waals surface area contributed by atoms with Crippen molar-refractivity contribution in [1.29, 1.82) is 0 Å². The van der Waals surface area contributed by atoms with Crippen LogP contribution in [0, 0.1) is 0 Å². The minimum Gasteiger partial charge on any atom is -0.458 e. The normalized spacial score (nSPS) is 11.1. The SMILES string of the molecule is CSc1cccc(NC(=O)Cn2c(C(=O)OC(C)C)cc3ccsc32)c1.